The van der Waals surface area contributed by atoms with Crippen molar-refractivity contribution in [2.45, 2.75) is 115 Å². The van der Waals surface area contributed by atoms with Crippen LogP contribution in [-0.4, -0.2) is 50.6 Å². The lowest BCUT2D eigenvalue weighted by Gasteiger charge is -2.32. The molecule has 8 heteroatoms. The number of aromatic nitrogens is 3. The second-order valence-corrected chi connectivity index (χ2v) is 11.7. The predicted molar refractivity (Wildman–Crippen MR) is 146 cm³/mol. The van der Waals surface area contributed by atoms with Crippen molar-refractivity contribution >= 4 is 5.91 Å². The van der Waals surface area contributed by atoms with Crippen LogP contribution in [0.15, 0.2) is 30.3 Å². The van der Waals surface area contributed by atoms with Crippen LogP contribution < -0.4 is 5.32 Å². The summed E-state index contributed by atoms with van der Waals surface area (Å²) in [6.45, 7) is 10.6. The van der Waals surface area contributed by atoms with Crippen molar-refractivity contribution < 1.29 is 13.6 Å². The summed E-state index contributed by atoms with van der Waals surface area (Å²) in [7, 11) is 0. The van der Waals surface area contributed by atoms with E-state index in [0.29, 0.717) is 18.0 Å². The largest absolute Gasteiger partial charge is 0.349 e. The molecule has 1 aliphatic carbocycles. The maximum Gasteiger partial charge on any atom is 0.248 e. The Morgan fingerprint density at radius 3 is 2.50 bits per heavy atom. The van der Waals surface area contributed by atoms with E-state index in [1.165, 1.54) is 12.8 Å². The monoisotopic (exact) mass is 529 g/mol. The number of hydrogen-bond donors (Lipinski definition) is 1. The lowest BCUT2D eigenvalue weighted by Crippen LogP contribution is -2.39. The molecule has 0 spiro atoms. The summed E-state index contributed by atoms with van der Waals surface area (Å²) >= 11 is 0. The zero-order valence-corrected chi connectivity index (χ0v) is 23.5. The number of benzene rings is 1. The SMILES string of the molecule is CCC(CC1CCCN1CCC(NC(=O)C1CCC(F)(F)CC1)c1ccccc1)n1c(C)nnc1C(C)C. The highest BCUT2D eigenvalue weighted by Gasteiger charge is 2.38. The molecule has 38 heavy (non-hydrogen) atoms. The summed E-state index contributed by atoms with van der Waals surface area (Å²) in [6.07, 6.45) is 5.38. The van der Waals surface area contributed by atoms with Gasteiger partial charge in [-0.05, 0) is 64.0 Å². The zero-order valence-electron chi connectivity index (χ0n) is 23.5. The third-order valence-corrected chi connectivity index (χ3v) is 8.60. The minimum Gasteiger partial charge on any atom is -0.349 e. The molecule has 2 heterocycles. The highest BCUT2D eigenvalue weighted by Crippen LogP contribution is 2.37. The highest BCUT2D eigenvalue weighted by atomic mass is 19.3. The van der Waals surface area contributed by atoms with Crippen LogP contribution in [0, 0.1) is 12.8 Å². The molecule has 1 saturated carbocycles. The molecule has 3 atom stereocenters. The number of nitrogens with zero attached hydrogens (tertiary/aromatic N) is 4. The van der Waals surface area contributed by atoms with E-state index >= 15 is 0 Å². The Balaban J connectivity index is 1.41. The summed E-state index contributed by atoms with van der Waals surface area (Å²) in [4.78, 5) is 15.7. The molecule has 210 valence electrons. The minimum absolute atomic E-state index is 0.0809. The van der Waals surface area contributed by atoms with E-state index in [1.807, 2.05) is 18.2 Å². The molecule has 2 aromatic rings. The predicted octanol–water partition coefficient (Wildman–Crippen LogP) is 6.59. The van der Waals surface area contributed by atoms with Crippen molar-refractivity contribution in [1.82, 2.24) is 25.0 Å². The molecule has 3 unspecified atom stereocenters. The third-order valence-electron chi connectivity index (χ3n) is 8.60. The Bertz CT molecular complexity index is 1030. The maximum absolute atomic E-state index is 13.6. The molecule has 1 aromatic heterocycles. The number of amides is 1. The van der Waals surface area contributed by atoms with E-state index in [9.17, 15) is 13.6 Å². The molecular formula is C30H45F2N5O. The Labute approximate surface area is 226 Å². The van der Waals surface area contributed by atoms with E-state index < -0.39 is 5.92 Å². The van der Waals surface area contributed by atoms with Gasteiger partial charge in [0.15, 0.2) is 0 Å². The highest BCUT2D eigenvalue weighted by molar-refractivity contribution is 5.79. The molecule has 1 aliphatic heterocycles. The van der Waals surface area contributed by atoms with Crippen molar-refractivity contribution in [2.75, 3.05) is 13.1 Å². The van der Waals surface area contributed by atoms with Crippen LogP contribution in [0.5, 0.6) is 0 Å². The van der Waals surface area contributed by atoms with Gasteiger partial charge in [0.1, 0.15) is 11.6 Å². The van der Waals surface area contributed by atoms with Gasteiger partial charge in [0.25, 0.3) is 0 Å². The third kappa shape index (κ3) is 6.99. The number of halogens is 2. The van der Waals surface area contributed by atoms with Crippen molar-refractivity contribution in [1.29, 1.82) is 0 Å². The summed E-state index contributed by atoms with van der Waals surface area (Å²) in [5.41, 5.74) is 1.07. The minimum atomic E-state index is -2.63. The molecule has 2 fully saturated rings. The van der Waals surface area contributed by atoms with Crippen molar-refractivity contribution in [2.24, 2.45) is 5.92 Å². The molecule has 2 aliphatic rings. The number of nitrogens with one attached hydrogen (secondary N) is 1. The molecule has 1 saturated heterocycles. The number of hydrogen-bond acceptors (Lipinski definition) is 4. The van der Waals surface area contributed by atoms with Crippen LogP contribution >= 0.6 is 0 Å². The topological polar surface area (TPSA) is 63.1 Å². The number of aryl methyl sites for hydroxylation is 1. The van der Waals surface area contributed by atoms with E-state index in [2.05, 4.69) is 64.8 Å². The van der Waals surface area contributed by atoms with Gasteiger partial charge in [0.05, 0.1) is 6.04 Å². The van der Waals surface area contributed by atoms with Gasteiger partial charge in [-0.15, -0.1) is 10.2 Å². The molecular weight excluding hydrogens is 484 g/mol. The van der Waals surface area contributed by atoms with E-state index in [0.717, 1.165) is 49.6 Å². The number of rotatable bonds is 11. The maximum atomic E-state index is 13.6. The summed E-state index contributed by atoms with van der Waals surface area (Å²) < 4.78 is 29.6. The average molecular weight is 530 g/mol. The summed E-state index contributed by atoms with van der Waals surface area (Å²) in [5, 5.41) is 12.1. The van der Waals surface area contributed by atoms with E-state index in [1.54, 1.807) is 0 Å². The second kappa shape index (κ2) is 12.7. The van der Waals surface area contributed by atoms with Crippen LogP contribution in [0.25, 0.3) is 0 Å². The summed E-state index contributed by atoms with van der Waals surface area (Å²) in [5.74, 6) is -0.660. The van der Waals surface area contributed by atoms with Crippen molar-refractivity contribution in [3.05, 3.63) is 47.5 Å². The first-order valence-electron chi connectivity index (χ1n) is 14.6. The first-order valence-corrected chi connectivity index (χ1v) is 14.6. The Morgan fingerprint density at radius 1 is 1.13 bits per heavy atom. The van der Waals surface area contributed by atoms with Gasteiger partial charge in [-0.25, -0.2) is 8.78 Å². The number of carbonyl (C=O) groups is 1. The van der Waals surface area contributed by atoms with Gasteiger partial charge >= 0.3 is 0 Å². The van der Waals surface area contributed by atoms with Crippen molar-refractivity contribution in [3.63, 3.8) is 0 Å². The van der Waals surface area contributed by atoms with Crippen molar-refractivity contribution in [3.8, 4) is 0 Å². The summed E-state index contributed by atoms with van der Waals surface area (Å²) in [6, 6.07) is 10.8. The van der Waals surface area contributed by atoms with Crippen LogP contribution in [0.3, 0.4) is 0 Å². The Kier molecular flexibility index (Phi) is 9.55. The number of likely N-dealkylation sites (tertiary alicyclic amines) is 1. The smallest absolute Gasteiger partial charge is 0.248 e. The zero-order chi connectivity index (χ0) is 27.3. The molecule has 1 aromatic carbocycles. The fourth-order valence-electron chi connectivity index (χ4n) is 6.35. The van der Waals surface area contributed by atoms with E-state index in [-0.39, 0.29) is 43.6 Å². The van der Waals surface area contributed by atoms with Gasteiger partial charge in [-0.2, -0.15) is 0 Å². The standard InChI is InChI=1S/C30H45F2N5O/c1-5-25(37-22(4)34-35-28(37)21(2)3)20-26-12-9-18-36(26)19-15-27(23-10-7-6-8-11-23)33-29(38)24-13-16-30(31,32)17-14-24/h6-8,10-11,21,24-27H,5,9,12-20H2,1-4H3,(H,33,38). The molecule has 0 bridgehead atoms. The van der Waals surface area contributed by atoms with Gasteiger partial charge in [-0.3, -0.25) is 4.79 Å². The normalized spacial score (nSPS) is 22.0. The lowest BCUT2D eigenvalue weighted by atomic mass is 9.86. The first kappa shape index (κ1) is 28.7. The fourth-order valence-corrected chi connectivity index (χ4v) is 6.35. The molecule has 1 N–H and O–H groups in total. The molecule has 1 amide bonds. The number of alkyl halides is 2. The molecule has 4 rings (SSSR count). The first-order chi connectivity index (χ1) is 18.2. The molecule has 6 nitrogen and oxygen atoms in total. The number of carbonyl (C=O) groups excluding carboxylic acids is 1. The average Bonchev–Trinajstić information content (AvgIpc) is 3.51. The molecule has 0 radical (unpaired) electrons. The second-order valence-electron chi connectivity index (χ2n) is 11.7. The Hall–Kier alpha value is -2.35. The Morgan fingerprint density at radius 2 is 1.84 bits per heavy atom. The van der Waals surface area contributed by atoms with Crippen LogP contribution in [0.2, 0.25) is 0 Å². The lowest BCUT2D eigenvalue weighted by molar-refractivity contribution is -0.130. The van der Waals surface area contributed by atoms with Gasteiger partial charge in [-0.1, -0.05) is 51.1 Å². The van der Waals surface area contributed by atoms with Crippen LogP contribution in [0.1, 0.15) is 114 Å². The van der Waals surface area contributed by atoms with Crippen LogP contribution in [0.4, 0.5) is 8.78 Å². The van der Waals surface area contributed by atoms with Crippen LogP contribution in [-0.2, 0) is 4.79 Å². The van der Waals surface area contributed by atoms with Gasteiger partial charge in [0.2, 0.25) is 11.8 Å². The van der Waals surface area contributed by atoms with E-state index in [4.69, 9.17) is 0 Å². The quantitative estimate of drug-likeness (QED) is 0.357. The van der Waals surface area contributed by atoms with Gasteiger partial charge in [0, 0.05) is 43.3 Å². The fraction of sp³-hybridized carbons (Fsp3) is 0.700. The van der Waals surface area contributed by atoms with Gasteiger partial charge < -0.3 is 14.8 Å².